The van der Waals surface area contributed by atoms with Crippen LogP contribution < -0.4 is 15.4 Å². The second-order valence-electron chi connectivity index (χ2n) is 6.22. The molecule has 6 nitrogen and oxygen atoms in total. The number of carbonyl (C=O) groups excluding carboxylic acids is 1. The van der Waals surface area contributed by atoms with Gasteiger partial charge in [-0.05, 0) is 49.6 Å². The summed E-state index contributed by atoms with van der Waals surface area (Å²) < 4.78 is 10.7. The molecule has 0 spiro atoms. The minimum absolute atomic E-state index is 0.0642. The highest BCUT2D eigenvalue weighted by molar-refractivity contribution is 5.94. The van der Waals surface area contributed by atoms with Crippen molar-refractivity contribution in [1.29, 1.82) is 5.26 Å². The zero-order chi connectivity index (χ0) is 16.5. The van der Waals surface area contributed by atoms with Gasteiger partial charge in [-0.3, -0.25) is 4.79 Å². The fourth-order valence-electron chi connectivity index (χ4n) is 3.46. The molecule has 1 amide bonds. The van der Waals surface area contributed by atoms with Crippen LogP contribution in [-0.4, -0.2) is 24.0 Å². The Morgan fingerprint density at radius 1 is 1.25 bits per heavy atom. The molecule has 0 saturated carbocycles. The molecule has 2 fully saturated rings. The first-order chi connectivity index (χ1) is 11.7. The van der Waals surface area contributed by atoms with E-state index in [9.17, 15) is 4.79 Å². The van der Waals surface area contributed by atoms with Gasteiger partial charge in [0.2, 0.25) is 5.76 Å². The molecule has 2 aliphatic heterocycles. The molecule has 1 aromatic carbocycles. The SMILES string of the molecule is N#Cc1ccc(Oc2ccc(C(=O)N[C@@H]3C[C@H]4CC[C@@H]3N4)cc2)o1. The summed E-state index contributed by atoms with van der Waals surface area (Å²) in [6.45, 7) is 0. The number of rotatable bonds is 4. The highest BCUT2D eigenvalue weighted by Gasteiger charge is 2.39. The third-order valence-electron chi connectivity index (χ3n) is 4.64. The molecule has 4 rings (SSSR count). The summed E-state index contributed by atoms with van der Waals surface area (Å²) in [5, 5.41) is 15.3. The Hall–Kier alpha value is -2.78. The third-order valence-corrected chi connectivity index (χ3v) is 4.64. The Balaban J connectivity index is 1.38. The molecule has 122 valence electrons. The third kappa shape index (κ3) is 2.86. The van der Waals surface area contributed by atoms with Gasteiger partial charge in [0.15, 0.2) is 0 Å². The summed E-state index contributed by atoms with van der Waals surface area (Å²) in [6.07, 6.45) is 3.36. The molecule has 2 saturated heterocycles. The second-order valence-corrected chi connectivity index (χ2v) is 6.22. The first-order valence-electron chi connectivity index (χ1n) is 8.06. The van der Waals surface area contributed by atoms with E-state index in [4.69, 9.17) is 14.4 Å². The first-order valence-corrected chi connectivity index (χ1v) is 8.06. The molecule has 6 heteroatoms. The minimum atomic E-state index is -0.0642. The molecular weight excluding hydrogens is 306 g/mol. The van der Waals surface area contributed by atoms with Crippen LogP contribution in [0.1, 0.15) is 35.4 Å². The number of fused-ring (bicyclic) bond motifs is 2. The Morgan fingerprint density at radius 3 is 2.71 bits per heavy atom. The molecule has 3 atom stereocenters. The molecule has 2 N–H and O–H groups in total. The van der Waals surface area contributed by atoms with Crippen LogP contribution in [0.25, 0.3) is 0 Å². The lowest BCUT2D eigenvalue weighted by Crippen LogP contribution is -2.42. The van der Waals surface area contributed by atoms with E-state index < -0.39 is 0 Å². The predicted octanol–water partition coefficient (Wildman–Crippen LogP) is 2.57. The van der Waals surface area contributed by atoms with Gasteiger partial charge >= 0.3 is 0 Å². The normalized spacial score (nSPS) is 24.5. The van der Waals surface area contributed by atoms with Crippen LogP contribution in [0.2, 0.25) is 0 Å². The Morgan fingerprint density at radius 2 is 2.08 bits per heavy atom. The summed E-state index contributed by atoms with van der Waals surface area (Å²) >= 11 is 0. The highest BCUT2D eigenvalue weighted by atomic mass is 16.6. The molecule has 0 aliphatic carbocycles. The predicted molar refractivity (Wildman–Crippen MR) is 85.8 cm³/mol. The van der Waals surface area contributed by atoms with Crippen LogP contribution >= 0.6 is 0 Å². The lowest BCUT2D eigenvalue weighted by Gasteiger charge is -2.21. The van der Waals surface area contributed by atoms with Gasteiger partial charge in [-0.25, -0.2) is 0 Å². The number of nitrogens with one attached hydrogen (secondary N) is 2. The molecule has 2 aromatic rings. The monoisotopic (exact) mass is 323 g/mol. The Kier molecular flexibility index (Phi) is 3.71. The van der Waals surface area contributed by atoms with Crippen LogP contribution in [0, 0.1) is 11.3 Å². The fourth-order valence-corrected chi connectivity index (χ4v) is 3.46. The summed E-state index contributed by atoms with van der Waals surface area (Å²) in [5.74, 6) is 0.926. The average Bonchev–Trinajstić information content (AvgIpc) is 3.32. The summed E-state index contributed by atoms with van der Waals surface area (Å²) in [5.41, 5.74) is 0.599. The maximum Gasteiger partial charge on any atom is 0.291 e. The smallest absolute Gasteiger partial charge is 0.291 e. The van der Waals surface area contributed by atoms with E-state index >= 15 is 0 Å². The van der Waals surface area contributed by atoms with Crippen LogP contribution in [0.3, 0.4) is 0 Å². The van der Waals surface area contributed by atoms with E-state index in [0.29, 0.717) is 23.4 Å². The van der Waals surface area contributed by atoms with Crippen LogP contribution in [0.4, 0.5) is 0 Å². The van der Waals surface area contributed by atoms with E-state index in [1.807, 2.05) is 6.07 Å². The molecule has 24 heavy (non-hydrogen) atoms. The standard InChI is InChI=1S/C18H17N3O3/c19-10-14-6-8-17(24-14)23-13-4-1-11(2-5-13)18(22)21-16-9-12-3-7-15(16)20-12/h1-2,4-6,8,12,15-16,20H,3,7,9H2,(H,21,22)/t12-,15+,16-/m1/s1. The number of furan rings is 1. The number of amides is 1. The van der Waals surface area contributed by atoms with Crippen molar-refractivity contribution in [2.45, 2.75) is 37.4 Å². The number of nitriles is 1. The number of hydrogen-bond donors (Lipinski definition) is 2. The van der Waals surface area contributed by atoms with Crippen LogP contribution in [0.15, 0.2) is 40.8 Å². The molecule has 0 radical (unpaired) electrons. The Labute approximate surface area is 139 Å². The van der Waals surface area contributed by atoms with E-state index in [1.165, 1.54) is 6.42 Å². The second kappa shape index (κ2) is 6.02. The van der Waals surface area contributed by atoms with Crippen molar-refractivity contribution in [3.63, 3.8) is 0 Å². The van der Waals surface area contributed by atoms with E-state index in [1.54, 1.807) is 36.4 Å². The first kappa shape index (κ1) is 14.8. The average molecular weight is 323 g/mol. The van der Waals surface area contributed by atoms with Crippen LogP contribution in [-0.2, 0) is 0 Å². The van der Waals surface area contributed by atoms with Gasteiger partial charge in [-0.2, -0.15) is 5.26 Å². The van der Waals surface area contributed by atoms with Gasteiger partial charge in [0.1, 0.15) is 11.8 Å². The lowest BCUT2D eigenvalue weighted by molar-refractivity contribution is 0.0931. The molecule has 2 bridgehead atoms. The summed E-state index contributed by atoms with van der Waals surface area (Å²) in [7, 11) is 0. The van der Waals surface area contributed by atoms with Crippen molar-refractivity contribution >= 4 is 5.91 Å². The maximum absolute atomic E-state index is 12.4. The number of benzene rings is 1. The van der Waals surface area contributed by atoms with Crippen molar-refractivity contribution in [2.75, 3.05) is 0 Å². The van der Waals surface area contributed by atoms with Gasteiger partial charge in [-0.15, -0.1) is 0 Å². The molecule has 0 unspecified atom stereocenters. The topological polar surface area (TPSA) is 87.3 Å². The van der Waals surface area contributed by atoms with Gasteiger partial charge in [-0.1, -0.05) is 0 Å². The molecule has 1 aromatic heterocycles. The van der Waals surface area contributed by atoms with E-state index in [0.717, 1.165) is 12.8 Å². The van der Waals surface area contributed by atoms with Crippen molar-refractivity contribution < 1.29 is 13.9 Å². The van der Waals surface area contributed by atoms with Gasteiger partial charge in [0, 0.05) is 29.8 Å². The lowest BCUT2D eigenvalue weighted by atomic mass is 9.95. The van der Waals surface area contributed by atoms with Crippen molar-refractivity contribution in [3.8, 4) is 17.8 Å². The van der Waals surface area contributed by atoms with Crippen molar-refractivity contribution in [3.05, 3.63) is 47.7 Å². The Bertz CT molecular complexity index is 791. The van der Waals surface area contributed by atoms with Crippen molar-refractivity contribution in [2.24, 2.45) is 0 Å². The quantitative estimate of drug-likeness (QED) is 0.903. The molecule has 3 heterocycles. The largest absolute Gasteiger partial charge is 0.426 e. The molecular formula is C18H17N3O3. The van der Waals surface area contributed by atoms with E-state index in [2.05, 4.69) is 10.6 Å². The zero-order valence-electron chi connectivity index (χ0n) is 13.0. The van der Waals surface area contributed by atoms with Gasteiger partial charge in [0.05, 0.1) is 0 Å². The highest BCUT2D eigenvalue weighted by Crippen LogP contribution is 2.28. The maximum atomic E-state index is 12.4. The van der Waals surface area contributed by atoms with Gasteiger partial charge < -0.3 is 19.8 Å². The van der Waals surface area contributed by atoms with Crippen molar-refractivity contribution in [1.82, 2.24) is 10.6 Å². The van der Waals surface area contributed by atoms with E-state index in [-0.39, 0.29) is 23.7 Å². The van der Waals surface area contributed by atoms with Crippen LogP contribution in [0.5, 0.6) is 11.7 Å². The summed E-state index contributed by atoms with van der Waals surface area (Å²) in [6, 6.07) is 13.1. The summed E-state index contributed by atoms with van der Waals surface area (Å²) in [4.78, 5) is 12.4. The zero-order valence-corrected chi connectivity index (χ0v) is 13.0. The minimum Gasteiger partial charge on any atom is -0.426 e. The number of nitrogens with zero attached hydrogens (tertiary/aromatic N) is 1. The molecule has 2 aliphatic rings. The number of carbonyl (C=O) groups is 1. The van der Waals surface area contributed by atoms with Gasteiger partial charge in [0.25, 0.3) is 11.9 Å². The number of ether oxygens (including phenoxy) is 1. The number of hydrogen-bond acceptors (Lipinski definition) is 5. The fraction of sp³-hybridized carbons (Fsp3) is 0.333.